The van der Waals surface area contributed by atoms with Gasteiger partial charge in [0.2, 0.25) is 5.95 Å². The van der Waals surface area contributed by atoms with Crippen molar-refractivity contribution in [2.45, 2.75) is 38.6 Å². The average molecular weight is 234 g/mol. The van der Waals surface area contributed by atoms with E-state index in [1.165, 1.54) is 18.4 Å². The summed E-state index contributed by atoms with van der Waals surface area (Å²) in [6.07, 6.45) is 8.51. The second-order valence-corrected chi connectivity index (χ2v) is 4.69. The van der Waals surface area contributed by atoms with Crippen molar-refractivity contribution in [3.8, 4) is 0 Å². The summed E-state index contributed by atoms with van der Waals surface area (Å²) in [6.45, 7) is 4.29. The van der Waals surface area contributed by atoms with Crippen molar-refractivity contribution >= 4 is 5.95 Å². The van der Waals surface area contributed by atoms with Crippen molar-refractivity contribution in [1.29, 1.82) is 0 Å². The molecule has 0 aliphatic carbocycles. The molecule has 0 amide bonds. The van der Waals surface area contributed by atoms with E-state index in [1.54, 1.807) is 0 Å². The molecule has 1 aliphatic rings. The highest BCUT2D eigenvalue weighted by molar-refractivity contribution is 5.30. The lowest BCUT2D eigenvalue weighted by Crippen LogP contribution is -2.41. The zero-order valence-electron chi connectivity index (χ0n) is 10.8. The first-order valence-electron chi connectivity index (χ1n) is 6.56. The standard InChI is InChI=1S/C13H22N4/c1-3-4-11-9-15-13(16-10-11)17-7-5-12(14-2)6-8-17/h9-10,12,14H,3-8H2,1-2H3. The molecule has 17 heavy (non-hydrogen) atoms. The van der Waals surface area contributed by atoms with Gasteiger partial charge in [-0.2, -0.15) is 0 Å². The van der Waals surface area contributed by atoms with Crippen LogP contribution in [0.2, 0.25) is 0 Å². The van der Waals surface area contributed by atoms with Crippen LogP contribution in [0.25, 0.3) is 0 Å². The maximum Gasteiger partial charge on any atom is 0.225 e. The molecule has 94 valence electrons. The monoisotopic (exact) mass is 234 g/mol. The van der Waals surface area contributed by atoms with Gasteiger partial charge in [-0.15, -0.1) is 0 Å². The lowest BCUT2D eigenvalue weighted by Gasteiger charge is -2.31. The molecule has 1 N–H and O–H groups in total. The molecular weight excluding hydrogens is 212 g/mol. The first kappa shape index (κ1) is 12.3. The molecule has 1 aromatic heterocycles. The molecule has 4 heteroatoms. The SMILES string of the molecule is CCCc1cnc(N2CCC(NC)CC2)nc1. The van der Waals surface area contributed by atoms with Crippen molar-refractivity contribution < 1.29 is 0 Å². The van der Waals surface area contributed by atoms with Gasteiger partial charge in [0.15, 0.2) is 0 Å². The van der Waals surface area contributed by atoms with Crippen LogP contribution >= 0.6 is 0 Å². The summed E-state index contributed by atoms with van der Waals surface area (Å²) < 4.78 is 0. The highest BCUT2D eigenvalue weighted by Crippen LogP contribution is 2.15. The van der Waals surface area contributed by atoms with Crippen LogP contribution in [0, 0.1) is 0 Å². The molecule has 1 fully saturated rings. The minimum atomic E-state index is 0.658. The highest BCUT2D eigenvalue weighted by Gasteiger charge is 2.19. The quantitative estimate of drug-likeness (QED) is 0.859. The third-order valence-electron chi connectivity index (χ3n) is 3.42. The molecule has 0 atom stereocenters. The van der Waals surface area contributed by atoms with Crippen LogP contribution in [0.4, 0.5) is 5.95 Å². The number of aryl methyl sites for hydroxylation is 1. The number of rotatable bonds is 4. The van der Waals surface area contributed by atoms with Gasteiger partial charge in [0.25, 0.3) is 0 Å². The van der Waals surface area contributed by atoms with Gasteiger partial charge in [0.1, 0.15) is 0 Å². The molecular formula is C13H22N4. The summed E-state index contributed by atoms with van der Waals surface area (Å²) in [4.78, 5) is 11.2. The van der Waals surface area contributed by atoms with E-state index in [-0.39, 0.29) is 0 Å². The molecule has 0 spiro atoms. The fourth-order valence-corrected chi connectivity index (χ4v) is 2.30. The first-order valence-corrected chi connectivity index (χ1v) is 6.56. The zero-order chi connectivity index (χ0) is 12.1. The third-order valence-corrected chi connectivity index (χ3v) is 3.42. The van der Waals surface area contributed by atoms with Crippen molar-refractivity contribution in [3.63, 3.8) is 0 Å². The van der Waals surface area contributed by atoms with Crippen molar-refractivity contribution in [1.82, 2.24) is 15.3 Å². The first-order chi connectivity index (χ1) is 8.33. The fraction of sp³-hybridized carbons (Fsp3) is 0.692. The summed E-state index contributed by atoms with van der Waals surface area (Å²) in [5, 5.41) is 3.33. The van der Waals surface area contributed by atoms with Gasteiger partial charge >= 0.3 is 0 Å². The maximum absolute atomic E-state index is 4.47. The Morgan fingerprint density at radius 3 is 2.47 bits per heavy atom. The topological polar surface area (TPSA) is 41.1 Å². The second kappa shape index (κ2) is 5.96. The molecule has 0 unspecified atom stereocenters. The Balaban J connectivity index is 1.94. The minimum Gasteiger partial charge on any atom is -0.341 e. The summed E-state index contributed by atoms with van der Waals surface area (Å²) in [6, 6.07) is 0.658. The Labute approximate surface area is 103 Å². The van der Waals surface area contributed by atoms with Crippen LogP contribution < -0.4 is 10.2 Å². The van der Waals surface area contributed by atoms with Crippen LogP contribution in [0.15, 0.2) is 12.4 Å². The van der Waals surface area contributed by atoms with Gasteiger partial charge in [0.05, 0.1) is 0 Å². The van der Waals surface area contributed by atoms with Gasteiger partial charge in [-0.1, -0.05) is 13.3 Å². The van der Waals surface area contributed by atoms with E-state index in [9.17, 15) is 0 Å². The third kappa shape index (κ3) is 3.16. The van der Waals surface area contributed by atoms with Crippen molar-refractivity contribution in [2.75, 3.05) is 25.0 Å². The predicted octanol–water partition coefficient (Wildman–Crippen LogP) is 1.62. The molecule has 0 saturated carbocycles. The highest BCUT2D eigenvalue weighted by atomic mass is 15.3. The minimum absolute atomic E-state index is 0.658. The smallest absolute Gasteiger partial charge is 0.225 e. The van der Waals surface area contributed by atoms with E-state index < -0.39 is 0 Å². The Morgan fingerprint density at radius 2 is 1.94 bits per heavy atom. The Hall–Kier alpha value is -1.16. The molecule has 2 rings (SSSR count). The second-order valence-electron chi connectivity index (χ2n) is 4.69. The lowest BCUT2D eigenvalue weighted by molar-refractivity contribution is 0.439. The number of nitrogens with zero attached hydrogens (tertiary/aromatic N) is 3. The molecule has 0 aromatic carbocycles. The number of hydrogen-bond acceptors (Lipinski definition) is 4. The zero-order valence-corrected chi connectivity index (χ0v) is 10.8. The van der Waals surface area contributed by atoms with Gasteiger partial charge in [-0.3, -0.25) is 0 Å². The van der Waals surface area contributed by atoms with Gasteiger partial charge < -0.3 is 10.2 Å². The molecule has 0 bridgehead atoms. The fourth-order valence-electron chi connectivity index (χ4n) is 2.30. The average Bonchev–Trinajstić information content (AvgIpc) is 2.40. The molecule has 1 saturated heterocycles. The number of aromatic nitrogens is 2. The van der Waals surface area contributed by atoms with E-state index in [0.29, 0.717) is 6.04 Å². The van der Waals surface area contributed by atoms with Crippen molar-refractivity contribution in [3.05, 3.63) is 18.0 Å². The largest absolute Gasteiger partial charge is 0.341 e. The predicted molar refractivity (Wildman–Crippen MR) is 70.3 cm³/mol. The number of hydrogen-bond donors (Lipinski definition) is 1. The number of anilines is 1. The Bertz CT molecular complexity index is 328. The van der Waals surface area contributed by atoms with E-state index in [4.69, 9.17) is 0 Å². The Morgan fingerprint density at radius 1 is 1.29 bits per heavy atom. The summed E-state index contributed by atoms with van der Waals surface area (Å²) in [7, 11) is 2.04. The number of nitrogens with one attached hydrogen (secondary N) is 1. The van der Waals surface area contributed by atoms with E-state index >= 15 is 0 Å². The van der Waals surface area contributed by atoms with E-state index in [1.807, 2.05) is 19.4 Å². The number of piperidine rings is 1. The summed E-state index contributed by atoms with van der Waals surface area (Å²) >= 11 is 0. The van der Waals surface area contributed by atoms with Gasteiger partial charge in [-0.25, -0.2) is 9.97 Å². The molecule has 1 aliphatic heterocycles. The Kier molecular flexibility index (Phi) is 4.31. The van der Waals surface area contributed by atoms with Crippen LogP contribution in [0.3, 0.4) is 0 Å². The summed E-state index contributed by atoms with van der Waals surface area (Å²) in [5.74, 6) is 0.888. The molecule has 1 aromatic rings. The normalized spacial score (nSPS) is 17.4. The van der Waals surface area contributed by atoms with Crippen LogP contribution in [0.5, 0.6) is 0 Å². The molecule has 4 nitrogen and oxygen atoms in total. The molecule has 0 radical (unpaired) electrons. The van der Waals surface area contributed by atoms with Crippen LogP contribution in [0.1, 0.15) is 31.7 Å². The summed E-state index contributed by atoms with van der Waals surface area (Å²) in [5.41, 5.74) is 1.24. The lowest BCUT2D eigenvalue weighted by atomic mass is 10.1. The van der Waals surface area contributed by atoms with Gasteiger partial charge in [-0.05, 0) is 31.9 Å². The van der Waals surface area contributed by atoms with E-state index in [0.717, 1.165) is 31.9 Å². The van der Waals surface area contributed by atoms with Gasteiger partial charge in [0, 0.05) is 31.5 Å². The maximum atomic E-state index is 4.47. The molecule has 2 heterocycles. The van der Waals surface area contributed by atoms with Crippen LogP contribution in [-0.4, -0.2) is 36.1 Å². The van der Waals surface area contributed by atoms with E-state index in [2.05, 4.69) is 27.1 Å². The van der Waals surface area contributed by atoms with Crippen molar-refractivity contribution in [2.24, 2.45) is 0 Å². The van der Waals surface area contributed by atoms with Crippen LogP contribution in [-0.2, 0) is 6.42 Å².